The number of hydrogen-bond donors (Lipinski definition) is 1. The van der Waals surface area contributed by atoms with E-state index >= 15 is 4.39 Å². The number of nitrogens with one attached hydrogen (secondary N) is 1. The largest absolute Gasteiger partial charge is 0.406 e. The van der Waals surface area contributed by atoms with Crippen molar-refractivity contribution in [3.05, 3.63) is 64.2 Å². The van der Waals surface area contributed by atoms with E-state index in [1.165, 1.54) is 25.7 Å². The van der Waals surface area contributed by atoms with Crippen molar-refractivity contribution < 1.29 is 17.6 Å². The van der Waals surface area contributed by atoms with Crippen molar-refractivity contribution in [1.29, 1.82) is 0 Å². The van der Waals surface area contributed by atoms with Crippen LogP contribution in [0, 0.1) is 36.4 Å². The molecule has 5 rings (SSSR count). The van der Waals surface area contributed by atoms with E-state index in [2.05, 4.69) is 37.1 Å². The Morgan fingerprint density at radius 1 is 1.13 bits per heavy atom. The summed E-state index contributed by atoms with van der Waals surface area (Å²) in [6.45, 7) is 6.36. The number of allylic oxidation sites excluding steroid dienone is 2. The van der Waals surface area contributed by atoms with Crippen LogP contribution < -0.4 is 5.32 Å². The third kappa shape index (κ3) is 5.66. The summed E-state index contributed by atoms with van der Waals surface area (Å²) in [7, 11) is 0. The number of benzene rings is 1. The monoisotopic (exact) mass is 538 g/mol. The first kappa shape index (κ1) is 27.9. The van der Waals surface area contributed by atoms with Gasteiger partial charge < -0.3 is 0 Å². The Morgan fingerprint density at radius 3 is 2.49 bits per heavy atom. The molecule has 3 aliphatic rings. The van der Waals surface area contributed by atoms with Gasteiger partial charge in [-0.05, 0) is 84.8 Å². The minimum absolute atomic E-state index is 0.105. The molecule has 2 aromatic rings. The maximum absolute atomic E-state index is 15.8. The number of aromatic nitrogens is 1. The van der Waals surface area contributed by atoms with Gasteiger partial charge in [0.15, 0.2) is 0 Å². The first-order valence-electron chi connectivity index (χ1n) is 14.4. The molecule has 3 aliphatic carbocycles. The van der Waals surface area contributed by atoms with Crippen LogP contribution in [0.3, 0.4) is 0 Å². The fraction of sp³-hybridized carbons (Fsp3) is 0.545. The molecule has 0 radical (unpaired) electrons. The highest BCUT2D eigenvalue weighted by atomic mass is 19.4. The van der Waals surface area contributed by atoms with E-state index in [0.29, 0.717) is 23.0 Å². The van der Waals surface area contributed by atoms with Crippen LogP contribution in [0.25, 0.3) is 11.1 Å². The first-order valence-corrected chi connectivity index (χ1v) is 14.4. The van der Waals surface area contributed by atoms with E-state index in [0.717, 1.165) is 47.2 Å². The minimum atomic E-state index is -4.25. The molecule has 1 aromatic carbocycles. The molecule has 2 unspecified atom stereocenters. The molecule has 2 nitrogen and oxygen atoms in total. The summed E-state index contributed by atoms with van der Waals surface area (Å²) in [5.74, 6) is 7.46. The Labute approximate surface area is 229 Å². The van der Waals surface area contributed by atoms with Gasteiger partial charge in [-0.2, -0.15) is 13.2 Å². The van der Waals surface area contributed by atoms with Crippen molar-refractivity contribution in [2.45, 2.75) is 103 Å². The first-order chi connectivity index (χ1) is 18.6. The summed E-state index contributed by atoms with van der Waals surface area (Å²) in [5, 5.41) is 2.71. The average Bonchev–Trinajstić information content (AvgIpc) is 3.55. The van der Waals surface area contributed by atoms with Crippen LogP contribution >= 0.6 is 0 Å². The molecule has 2 atom stereocenters. The number of alkyl halides is 3. The van der Waals surface area contributed by atoms with Gasteiger partial charge in [0, 0.05) is 30.3 Å². The summed E-state index contributed by atoms with van der Waals surface area (Å²) in [6.07, 6.45) is 4.85. The van der Waals surface area contributed by atoms with Gasteiger partial charge >= 0.3 is 6.18 Å². The maximum atomic E-state index is 15.8. The number of pyridine rings is 1. The maximum Gasteiger partial charge on any atom is 0.406 e. The summed E-state index contributed by atoms with van der Waals surface area (Å²) in [5.41, 5.74) is 3.89. The van der Waals surface area contributed by atoms with Gasteiger partial charge in [0.2, 0.25) is 0 Å². The standard InChI is InChI=1S/C33H38F4N2/c1-4-5-6-11-25-28(30-13-12-23(19-38-30)20-39-32(14-15-32)33(35,36)37)18-26(24-9-7-8-10-24)22(3)27-16-21(2)17-29(34)31(25)27/h12-13,16-17,19,22,24,26,39H,4-5,7-10,14-15,18,20H2,1-3H3. The Bertz CT molecular complexity index is 1290. The van der Waals surface area contributed by atoms with Gasteiger partial charge in [-0.25, -0.2) is 4.39 Å². The zero-order valence-electron chi connectivity index (χ0n) is 23.1. The molecule has 1 heterocycles. The molecule has 208 valence electrons. The van der Waals surface area contributed by atoms with Crippen LogP contribution in [0.2, 0.25) is 0 Å². The SMILES string of the molecule is CCCC#CC1=C(c2ccc(CNC3(C(F)(F)F)CC3)cn2)CC(C2CCCC2)C(C)c2cc(C)cc(F)c21. The van der Waals surface area contributed by atoms with E-state index < -0.39 is 11.7 Å². The third-order valence-electron chi connectivity index (χ3n) is 9.04. The molecule has 2 fully saturated rings. The second-order valence-electron chi connectivity index (χ2n) is 11.8. The highest BCUT2D eigenvalue weighted by molar-refractivity contribution is 5.99. The lowest BCUT2D eigenvalue weighted by molar-refractivity contribution is -0.166. The summed E-state index contributed by atoms with van der Waals surface area (Å²) < 4.78 is 55.9. The molecule has 2 saturated carbocycles. The summed E-state index contributed by atoms with van der Waals surface area (Å²) >= 11 is 0. The number of halogens is 4. The van der Waals surface area contributed by atoms with Crippen LogP contribution in [0.4, 0.5) is 17.6 Å². The molecular formula is C33H38F4N2. The zero-order chi connectivity index (χ0) is 27.8. The Balaban J connectivity index is 1.56. The quantitative estimate of drug-likeness (QED) is 0.294. The van der Waals surface area contributed by atoms with Crippen molar-refractivity contribution in [2.75, 3.05) is 0 Å². The number of hydrogen-bond acceptors (Lipinski definition) is 2. The predicted octanol–water partition coefficient (Wildman–Crippen LogP) is 8.74. The van der Waals surface area contributed by atoms with Crippen LogP contribution in [0.5, 0.6) is 0 Å². The third-order valence-corrected chi connectivity index (χ3v) is 9.04. The van der Waals surface area contributed by atoms with Gasteiger partial charge in [-0.15, -0.1) is 0 Å². The van der Waals surface area contributed by atoms with Gasteiger partial charge in [-0.1, -0.05) is 63.5 Å². The molecule has 0 saturated heterocycles. The van der Waals surface area contributed by atoms with Gasteiger partial charge in [0.05, 0.1) is 5.69 Å². The zero-order valence-corrected chi connectivity index (χ0v) is 23.1. The smallest absolute Gasteiger partial charge is 0.299 e. The lowest BCUT2D eigenvalue weighted by Gasteiger charge is -2.29. The minimum Gasteiger partial charge on any atom is -0.299 e. The predicted molar refractivity (Wildman–Crippen MR) is 148 cm³/mol. The average molecular weight is 539 g/mol. The molecular weight excluding hydrogens is 500 g/mol. The number of fused-ring (bicyclic) bond motifs is 1. The van der Waals surface area contributed by atoms with Gasteiger partial charge in [-0.3, -0.25) is 10.3 Å². The Kier molecular flexibility index (Phi) is 7.93. The molecule has 0 bridgehead atoms. The molecule has 0 spiro atoms. The van der Waals surface area contributed by atoms with E-state index in [1.54, 1.807) is 12.3 Å². The van der Waals surface area contributed by atoms with Crippen molar-refractivity contribution >= 4 is 11.1 Å². The second-order valence-corrected chi connectivity index (χ2v) is 11.8. The van der Waals surface area contributed by atoms with E-state index in [-0.39, 0.29) is 31.1 Å². The van der Waals surface area contributed by atoms with Crippen LogP contribution in [0.15, 0.2) is 30.5 Å². The fourth-order valence-corrected chi connectivity index (χ4v) is 6.56. The molecule has 1 N–H and O–H groups in total. The number of unbranched alkanes of at least 4 members (excludes halogenated alkanes) is 1. The molecule has 6 heteroatoms. The Hall–Kier alpha value is -2.65. The molecule has 0 aliphatic heterocycles. The van der Waals surface area contributed by atoms with Crippen LogP contribution in [0.1, 0.15) is 106 Å². The lowest BCUT2D eigenvalue weighted by atomic mass is 9.75. The van der Waals surface area contributed by atoms with Crippen molar-refractivity contribution in [3.63, 3.8) is 0 Å². The topological polar surface area (TPSA) is 24.9 Å². The lowest BCUT2D eigenvalue weighted by Crippen LogP contribution is -2.44. The number of rotatable bonds is 6. The van der Waals surface area contributed by atoms with Gasteiger partial charge in [0.25, 0.3) is 0 Å². The summed E-state index contributed by atoms with van der Waals surface area (Å²) in [4.78, 5) is 4.74. The fourth-order valence-electron chi connectivity index (χ4n) is 6.56. The van der Waals surface area contributed by atoms with Crippen LogP contribution in [-0.2, 0) is 6.54 Å². The van der Waals surface area contributed by atoms with E-state index in [4.69, 9.17) is 4.98 Å². The van der Waals surface area contributed by atoms with Gasteiger partial charge in [0.1, 0.15) is 11.4 Å². The van der Waals surface area contributed by atoms with Crippen LogP contribution in [-0.4, -0.2) is 16.7 Å². The highest BCUT2D eigenvalue weighted by Gasteiger charge is 2.62. The number of aryl methyl sites for hydroxylation is 1. The molecule has 0 amide bonds. The van der Waals surface area contributed by atoms with Crippen molar-refractivity contribution in [1.82, 2.24) is 10.3 Å². The van der Waals surface area contributed by atoms with E-state index in [1.807, 2.05) is 19.1 Å². The Morgan fingerprint density at radius 2 is 1.87 bits per heavy atom. The van der Waals surface area contributed by atoms with E-state index in [9.17, 15) is 13.2 Å². The van der Waals surface area contributed by atoms with Crippen molar-refractivity contribution in [2.24, 2.45) is 11.8 Å². The van der Waals surface area contributed by atoms with Crippen molar-refractivity contribution in [3.8, 4) is 11.8 Å². The second kappa shape index (κ2) is 11.1. The molecule has 39 heavy (non-hydrogen) atoms. The highest BCUT2D eigenvalue weighted by Crippen LogP contribution is 2.50. The number of nitrogens with zero attached hydrogens (tertiary/aromatic N) is 1. The normalized spacial score (nSPS) is 22.7. The molecule has 1 aromatic heterocycles. The summed E-state index contributed by atoms with van der Waals surface area (Å²) in [6, 6.07) is 7.45.